The highest BCUT2D eigenvalue weighted by atomic mass is 19.1. The standard InChI is InChI=1S/C13H18FNO3/c1-9-4-6-15(7-5-9)13-11(14)12(17-3)10(18-13)8-16-2/h4-7,10-13H,1,8H2,2-3H3/t10-,11-,12-,13-/m1/s1. The Kier molecular flexibility index (Phi) is 4.16. The SMILES string of the molecule is C=C1C=CN([C@@H]2O[C@H](COC)[C@@H](OC)[C@H]2F)C=C1. The largest absolute Gasteiger partial charge is 0.382 e. The maximum Gasteiger partial charge on any atom is 0.174 e. The Morgan fingerprint density at radius 1 is 1.39 bits per heavy atom. The second kappa shape index (κ2) is 5.65. The van der Waals surface area contributed by atoms with Crippen LogP contribution in [0.3, 0.4) is 0 Å². The summed E-state index contributed by atoms with van der Waals surface area (Å²) in [5.74, 6) is 0. The molecule has 0 spiro atoms. The van der Waals surface area contributed by atoms with Gasteiger partial charge in [-0.05, 0) is 17.7 Å². The zero-order valence-corrected chi connectivity index (χ0v) is 10.6. The molecule has 0 bridgehead atoms. The molecule has 0 saturated carbocycles. The van der Waals surface area contributed by atoms with Crippen molar-refractivity contribution in [3.05, 3.63) is 36.7 Å². The molecule has 2 heterocycles. The van der Waals surface area contributed by atoms with Crippen LogP contribution in [0, 0.1) is 0 Å². The van der Waals surface area contributed by atoms with E-state index in [2.05, 4.69) is 6.58 Å². The van der Waals surface area contributed by atoms with E-state index >= 15 is 0 Å². The number of hydrogen-bond acceptors (Lipinski definition) is 4. The summed E-state index contributed by atoms with van der Waals surface area (Å²) in [6, 6.07) is 0. The van der Waals surface area contributed by atoms with Gasteiger partial charge in [0.1, 0.15) is 12.2 Å². The topological polar surface area (TPSA) is 30.9 Å². The number of nitrogens with zero attached hydrogens (tertiary/aromatic N) is 1. The summed E-state index contributed by atoms with van der Waals surface area (Å²) in [4.78, 5) is 1.68. The van der Waals surface area contributed by atoms with Gasteiger partial charge < -0.3 is 19.1 Å². The van der Waals surface area contributed by atoms with Crippen LogP contribution >= 0.6 is 0 Å². The number of alkyl halides is 1. The van der Waals surface area contributed by atoms with Crippen LogP contribution in [0.1, 0.15) is 0 Å². The van der Waals surface area contributed by atoms with Crippen molar-refractivity contribution in [2.45, 2.75) is 24.6 Å². The lowest BCUT2D eigenvalue weighted by Crippen LogP contribution is -2.37. The van der Waals surface area contributed by atoms with Crippen LogP contribution in [0.5, 0.6) is 0 Å². The summed E-state index contributed by atoms with van der Waals surface area (Å²) in [5.41, 5.74) is 0.872. The fraction of sp³-hybridized carbons (Fsp3) is 0.538. The molecular formula is C13H18FNO3. The molecule has 0 unspecified atom stereocenters. The monoisotopic (exact) mass is 255 g/mol. The second-order valence-electron chi connectivity index (χ2n) is 4.32. The van der Waals surface area contributed by atoms with Gasteiger partial charge in [0.15, 0.2) is 12.4 Å². The molecule has 0 N–H and O–H groups in total. The Balaban J connectivity index is 2.08. The van der Waals surface area contributed by atoms with Gasteiger partial charge in [-0.25, -0.2) is 4.39 Å². The third-order valence-electron chi connectivity index (χ3n) is 3.09. The first-order chi connectivity index (χ1) is 8.67. The summed E-state index contributed by atoms with van der Waals surface area (Å²) < 4.78 is 30.1. The maximum atomic E-state index is 14.3. The van der Waals surface area contributed by atoms with Crippen molar-refractivity contribution in [2.75, 3.05) is 20.8 Å². The maximum absolute atomic E-state index is 14.3. The molecule has 1 fully saturated rings. The van der Waals surface area contributed by atoms with Crippen molar-refractivity contribution in [3.8, 4) is 0 Å². The first-order valence-corrected chi connectivity index (χ1v) is 5.81. The molecule has 0 aromatic heterocycles. The molecule has 0 radical (unpaired) electrons. The molecule has 4 atom stereocenters. The van der Waals surface area contributed by atoms with Gasteiger partial charge in [0.25, 0.3) is 0 Å². The van der Waals surface area contributed by atoms with E-state index < -0.39 is 24.6 Å². The number of halogens is 1. The van der Waals surface area contributed by atoms with E-state index in [-0.39, 0.29) is 0 Å². The third-order valence-corrected chi connectivity index (χ3v) is 3.09. The third kappa shape index (κ3) is 2.48. The van der Waals surface area contributed by atoms with Gasteiger partial charge in [0, 0.05) is 26.6 Å². The van der Waals surface area contributed by atoms with E-state index in [1.54, 1.807) is 24.4 Å². The van der Waals surface area contributed by atoms with E-state index in [1.165, 1.54) is 7.11 Å². The lowest BCUT2D eigenvalue weighted by Gasteiger charge is -2.26. The molecule has 2 aliphatic rings. The minimum Gasteiger partial charge on any atom is -0.382 e. The number of rotatable bonds is 4. The van der Waals surface area contributed by atoms with Crippen molar-refractivity contribution < 1.29 is 18.6 Å². The molecule has 2 rings (SSSR count). The van der Waals surface area contributed by atoms with Crippen LogP contribution in [0.15, 0.2) is 36.7 Å². The first kappa shape index (κ1) is 13.3. The number of methoxy groups -OCH3 is 2. The van der Waals surface area contributed by atoms with Crippen LogP contribution in [0.25, 0.3) is 0 Å². The molecule has 4 nitrogen and oxygen atoms in total. The Bertz CT molecular complexity index is 353. The molecule has 5 heteroatoms. The van der Waals surface area contributed by atoms with Gasteiger partial charge in [0.05, 0.1) is 6.61 Å². The van der Waals surface area contributed by atoms with Crippen molar-refractivity contribution in [1.29, 1.82) is 0 Å². The Hall–Kier alpha value is -1.17. The zero-order valence-electron chi connectivity index (χ0n) is 10.6. The summed E-state index contributed by atoms with van der Waals surface area (Å²) in [6.07, 6.45) is 4.20. The van der Waals surface area contributed by atoms with E-state index in [1.807, 2.05) is 12.2 Å². The van der Waals surface area contributed by atoms with E-state index in [4.69, 9.17) is 14.2 Å². The van der Waals surface area contributed by atoms with E-state index in [0.29, 0.717) is 6.61 Å². The highest BCUT2D eigenvalue weighted by Gasteiger charge is 2.47. The Morgan fingerprint density at radius 2 is 2.06 bits per heavy atom. The van der Waals surface area contributed by atoms with Crippen LogP contribution in [0.2, 0.25) is 0 Å². The predicted octanol–water partition coefficient (Wildman–Crippen LogP) is 1.61. The van der Waals surface area contributed by atoms with Crippen molar-refractivity contribution in [3.63, 3.8) is 0 Å². The summed E-state index contributed by atoms with van der Waals surface area (Å²) >= 11 is 0. The molecule has 2 aliphatic heterocycles. The molecular weight excluding hydrogens is 237 g/mol. The lowest BCUT2D eigenvalue weighted by molar-refractivity contribution is -0.0687. The normalized spacial score (nSPS) is 35.5. The molecule has 0 aromatic carbocycles. The van der Waals surface area contributed by atoms with Crippen LogP contribution in [-0.2, 0) is 14.2 Å². The first-order valence-electron chi connectivity index (χ1n) is 5.81. The van der Waals surface area contributed by atoms with Crippen molar-refractivity contribution in [1.82, 2.24) is 4.90 Å². The molecule has 100 valence electrons. The van der Waals surface area contributed by atoms with Crippen LogP contribution in [0.4, 0.5) is 4.39 Å². The molecule has 0 aliphatic carbocycles. The van der Waals surface area contributed by atoms with Crippen molar-refractivity contribution >= 4 is 0 Å². The minimum atomic E-state index is -1.23. The second-order valence-corrected chi connectivity index (χ2v) is 4.32. The van der Waals surface area contributed by atoms with Crippen LogP contribution < -0.4 is 0 Å². The highest BCUT2D eigenvalue weighted by Crippen LogP contribution is 2.30. The molecule has 0 aromatic rings. The molecule has 18 heavy (non-hydrogen) atoms. The average Bonchev–Trinajstić information content (AvgIpc) is 2.67. The van der Waals surface area contributed by atoms with E-state index in [9.17, 15) is 4.39 Å². The summed E-state index contributed by atoms with van der Waals surface area (Å²) in [7, 11) is 3.04. The zero-order chi connectivity index (χ0) is 13.1. The average molecular weight is 255 g/mol. The predicted molar refractivity (Wildman–Crippen MR) is 65.5 cm³/mol. The van der Waals surface area contributed by atoms with Gasteiger partial charge in [-0.1, -0.05) is 6.58 Å². The van der Waals surface area contributed by atoms with Gasteiger partial charge in [-0.2, -0.15) is 0 Å². The fourth-order valence-corrected chi connectivity index (χ4v) is 2.15. The van der Waals surface area contributed by atoms with Gasteiger partial charge in [0.2, 0.25) is 0 Å². The summed E-state index contributed by atoms with van der Waals surface area (Å²) in [6.45, 7) is 4.10. The smallest absolute Gasteiger partial charge is 0.174 e. The van der Waals surface area contributed by atoms with Crippen LogP contribution in [-0.4, -0.2) is 50.3 Å². The Labute approximate surface area is 106 Å². The highest BCUT2D eigenvalue weighted by molar-refractivity contribution is 5.31. The molecule has 0 amide bonds. The van der Waals surface area contributed by atoms with Gasteiger partial charge in [-0.3, -0.25) is 0 Å². The Morgan fingerprint density at radius 3 is 2.61 bits per heavy atom. The van der Waals surface area contributed by atoms with E-state index in [0.717, 1.165) is 5.57 Å². The van der Waals surface area contributed by atoms with Gasteiger partial charge >= 0.3 is 0 Å². The van der Waals surface area contributed by atoms with Gasteiger partial charge in [-0.15, -0.1) is 0 Å². The number of ether oxygens (including phenoxy) is 3. The number of allylic oxidation sites excluding steroid dienone is 3. The molecule has 1 saturated heterocycles. The minimum absolute atomic E-state index is 0.309. The summed E-state index contributed by atoms with van der Waals surface area (Å²) in [5, 5.41) is 0. The fourth-order valence-electron chi connectivity index (χ4n) is 2.15. The quantitative estimate of drug-likeness (QED) is 0.763. The number of hydrogen-bond donors (Lipinski definition) is 0. The lowest BCUT2D eigenvalue weighted by atomic mass is 10.1. The van der Waals surface area contributed by atoms with Crippen molar-refractivity contribution in [2.24, 2.45) is 0 Å².